The van der Waals surface area contributed by atoms with Crippen LogP contribution in [0, 0.1) is 0 Å². The van der Waals surface area contributed by atoms with Gasteiger partial charge in [0.2, 0.25) is 0 Å². The second-order valence-corrected chi connectivity index (χ2v) is 4.83. The third kappa shape index (κ3) is 1.96. The molecular weight excluding hydrogens is 243 g/mol. The van der Waals surface area contributed by atoms with Gasteiger partial charge in [0.05, 0.1) is 11.6 Å². The van der Waals surface area contributed by atoms with Crippen LogP contribution in [-0.2, 0) is 6.18 Å². The minimum atomic E-state index is -4.31. The molecule has 0 spiro atoms. The van der Waals surface area contributed by atoms with E-state index < -0.39 is 11.7 Å². The molecule has 1 aromatic rings. The molecule has 0 saturated carbocycles. The van der Waals surface area contributed by atoms with Gasteiger partial charge < -0.3 is 10.1 Å². The molecule has 2 aliphatic heterocycles. The number of hydrogen-bond acceptors (Lipinski definition) is 2. The van der Waals surface area contributed by atoms with Gasteiger partial charge in [-0.2, -0.15) is 13.2 Å². The molecule has 3 rings (SSSR count). The smallest absolute Gasteiger partial charge is 0.416 e. The lowest BCUT2D eigenvalue weighted by molar-refractivity contribution is -0.137. The highest BCUT2D eigenvalue weighted by Gasteiger charge is 2.38. The highest BCUT2D eigenvalue weighted by Crippen LogP contribution is 2.42. The molecule has 18 heavy (non-hydrogen) atoms. The Hall–Kier alpha value is -1.23. The van der Waals surface area contributed by atoms with Crippen LogP contribution in [0.2, 0.25) is 0 Å². The monoisotopic (exact) mass is 257 g/mol. The molecule has 2 aliphatic rings. The lowest BCUT2D eigenvalue weighted by Crippen LogP contribution is -2.28. The molecule has 1 fully saturated rings. The summed E-state index contributed by atoms with van der Waals surface area (Å²) in [5, 5.41) is 3.35. The second kappa shape index (κ2) is 4.16. The number of fused-ring (bicyclic) bond motifs is 3. The van der Waals surface area contributed by atoms with Gasteiger partial charge >= 0.3 is 6.18 Å². The average molecular weight is 257 g/mol. The molecule has 0 bridgehead atoms. The zero-order valence-electron chi connectivity index (χ0n) is 9.76. The van der Waals surface area contributed by atoms with Gasteiger partial charge in [0.15, 0.2) is 0 Å². The third-order valence-electron chi connectivity index (χ3n) is 3.61. The molecule has 5 heteroatoms. The van der Waals surface area contributed by atoms with E-state index >= 15 is 0 Å². The van der Waals surface area contributed by atoms with Crippen molar-refractivity contribution >= 4 is 0 Å². The Morgan fingerprint density at radius 1 is 1.22 bits per heavy atom. The quantitative estimate of drug-likeness (QED) is 0.770. The van der Waals surface area contributed by atoms with Crippen LogP contribution in [0.15, 0.2) is 18.2 Å². The summed E-state index contributed by atoms with van der Waals surface area (Å²) in [4.78, 5) is 0. The van der Waals surface area contributed by atoms with E-state index in [0.717, 1.165) is 43.5 Å². The fourth-order valence-electron chi connectivity index (χ4n) is 2.70. The highest BCUT2D eigenvalue weighted by molar-refractivity contribution is 5.44. The Balaban J connectivity index is 1.94. The van der Waals surface area contributed by atoms with Gasteiger partial charge in [-0.15, -0.1) is 0 Å². The first kappa shape index (κ1) is 11.8. The zero-order chi connectivity index (χ0) is 12.8. The van der Waals surface area contributed by atoms with Crippen LogP contribution in [0.1, 0.15) is 36.4 Å². The number of ether oxygens (including phenoxy) is 1. The zero-order valence-corrected chi connectivity index (χ0v) is 9.76. The minimum absolute atomic E-state index is 0.0222. The Morgan fingerprint density at radius 2 is 2.06 bits per heavy atom. The van der Waals surface area contributed by atoms with Gasteiger partial charge in [0.1, 0.15) is 11.9 Å². The molecule has 2 heterocycles. The molecule has 1 N–H and O–H groups in total. The number of benzene rings is 1. The van der Waals surface area contributed by atoms with Crippen LogP contribution in [0.25, 0.3) is 0 Å². The Labute approximate surface area is 103 Å². The summed E-state index contributed by atoms with van der Waals surface area (Å²) in [5.41, 5.74) is 0.215. The van der Waals surface area contributed by atoms with Crippen molar-refractivity contribution in [1.29, 1.82) is 0 Å². The van der Waals surface area contributed by atoms with E-state index in [9.17, 15) is 13.2 Å². The van der Waals surface area contributed by atoms with Crippen molar-refractivity contribution < 1.29 is 17.9 Å². The van der Waals surface area contributed by atoms with Crippen molar-refractivity contribution in [2.24, 2.45) is 0 Å². The standard InChI is InChI=1S/C13H14F3NO/c14-13(15,16)8-4-5-9-11(7-8)18-10-3-1-2-6-17-12(9)10/h4-5,7,10,12,17H,1-3,6H2. The molecule has 0 amide bonds. The molecular formula is C13H14F3NO. The summed E-state index contributed by atoms with van der Waals surface area (Å²) in [6.07, 6.45) is -1.30. The minimum Gasteiger partial charge on any atom is -0.488 e. The van der Waals surface area contributed by atoms with Gasteiger partial charge in [0.25, 0.3) is 0 Å². The van der Waals surface area contributed by atoms with Gasteiger partial charge in [-0.3, -0.25) is 0 Å². The van der Waals surface area contributed by atoms with E-state index in [1.807, 2.05) is 0 Å². The van der Waals surface area contributed by atoms with Crippen molar-refractivity contribution in [3.63, 3.8) is 0 Å². The highest BCUT2D eigenvalue weighted by atomic mass is 19.4. The molecule has 0 aliphatic carbocycles. The van der Waals surface area contributed by atoms with Crippen LogP contribution >= 0.6 is 0 Å². The summed E-state index contributed by atoms with van der Waals surface area (Å²) < 4.78 is 43.5. The third-order valence-corrected chi connectivity index (χ3v) is 3.61. The summed E-state index contributed by atoms with van der Waals surface area (Å²) in [5.74, 6) is 0.384. The number of alkyl halides is 3. The SMILES string of the molecule is FC(F)(F)c1ccc2c(c1)OC1CCCCNC21. The normalized spacial score (nSPS) is 27.1. The first-order chi connectivity index (χ1) is 8.55. The van der Waals surface area contributed by atoms with Crippen LogP contribution in [0.5, 0.6) is 5.75 Å². The molecule has 0 radical (unpaired) electrons. The largest absolute Gasteiger partial charge is 0.488 e. The Morgan fingerprint density at radius 3 is 2.83 bits per heavy atom. The van der Waals surface area contributed by atoms with E-state index in [1.54, 1.807) is 6.07 Å². The predicted molar refractivity (Wildman–Crippen MR) is 60.5 cm³/mol. The molecule has 98 valence electrons. The van der Waals surface area contributed by atoms with Crippen molar-refractivity contribution in [3.8, 4) is 5.75 Å². The molecule has 1 aromatic carbocycles. The molecule has 0 aromatic heterocycles. The summed E-state index contributed by atoms with van der Waals surface area (Å²) in [7, 11) is 0. The number of rotatable bonds is 0. The predicted octanol–water partition coefficient (Wildman–Crippen LogP) is 3.28. The molecule has 2 nitrogen and oxygen atoms in total. The average Bonchev–Trinajstić information content (AvgIpc) is 2.50. The van der Waals surface area contributed by atoms with E-state index in [-0.39, 0.29) is 12.1 Å². The Kier molecular flexibility index (Phi) is 2.73. The van der Waals surface area contributed by atoms with Crippen LogP contribution in [0.3, 0.4) is 0 Å². The van der Waals surface area contributed by atoms with Gasteiger partial charge in [-0.25, -0.2) is 0 Å². The van der Waals surface area contributed by atoms with Crippen molar-refractivity contribution in [2.45, 2.75) is 37.6 Å². The van der Waals surface area contributed by atoms with E-state index in [4.69, 9.17) is 4.74 Å². The topological polar surface area (TPSA) is 21.3 Å². The number of halogens is 3. The van der Waals surface area contributed by atoms with Gasteiger partial charge in [-0.05, 0) is 37.9 Å². The molecule has 1 saturated heterocycles. The van der Waals surface area contributed by atoms with E-state index in [0.29, 0.717) is 5.75 Å². The Bertz CT molecular complexity index is 458. The lowest BCUT2D eigenvalue weighted by atomic mass is 10.0. The van der Waals surface area contributed by atoms with Crippen LogP contribution < -0.4 is 10.1 Å². The summed E-state index contributed by atoms with van der Waals surface area (Å²) >= 11 is 0. The van der Waals surface area contributed by atoms with Crippen LogP contribution in [0.4, 0.5) is 13.2 Å². The fraction of sp³-hybridized carbons (Fsp3) is 0.538. The van der Waals surface area contributed by atoms with Crippen molar-refractivity contribution in [2.75, 3.05) is 6.54 Å². The maximum Gasteiger partial charge on any atom is 0.416 e. The maximum atomic E-state index is 12.6. The van der Waals surface area contributed by atoms with Gasteiger partial charge in [-0.1, -0.05) is 6.07 Å². The first-order valence-electron chi connectivity index (χ1n) is 6.17. The van der Waals surface area contributed by atoms with Crippen LogP contribution in [-0.4, -0.2) is 12.6 Å². The number of hydrogen-bond donors (Lipinski definition) is 1. The lowest BCUT2D eigenvalue weighted by Gasteiger charge is -2.16. The molecule has 2 atom stereocenters. The molecule has 2 unspecified atom stereocenters. The summed E-state index contributed by atoms with van der Waals surface area (Å²) in [6, 6.07) is 3.84. The maximum absolute atomic E-state index is 12.6. The first-order valence-corrected chi connectivity index (χ1v) is 6.17. The van der Waals surface area contributed by atoms with Crippen molar-refractivity contribution in [3.05, 3.63) is 29.3 Å². The van der Waals surface area contributed by atoms with Crippen molar-refractivity contribution in [1.82, 2.24) is 5.32 Å². The second-order valence-electron chi connectivity index (χ2n) is 4.83. The van der Waals surface area contributed by atoms with E-state index in [2.05, 4.69) is 5.32 Å². The van der Waals surface area contributed by atoms with E-state index in [1.165, 1.54) is 0 Å². The number of nitrogens with one attached hydrogen (secondary N) is 1. The fourth-order valence-corrected chi connectivity index (χ4v) is 2.70. The van der Waals surface area contributed by atoms with Gasteiger partial charge in [0, 0.05) is 5.56 Å². The summed E-state index contributed by atoms with van der Waals surface area (Å²) in [6.45, 7) is 0.894.